The van der Waals surface area contributed by atoms with E-state index in [1.165, 1.54) is 44.5 Å². The van der Waals surface area contributed by atoms with Crippen molar-refractivity contribution >= 4 is 39.0 Å². The van der Waals surface area contributed by atoms with E-state index in [1.807, 2.05) is 24.3 Å². The van der Waals surface area contributed by atoms with Gasteiger partial charge in [-0.25, -0.2) is 0 Å². The standard InChI is InChI=1S/C51H32N2O/c52-31-35-22-28-39(51-48(35)49-42-13-4-6-15-44(42)50(51)45-16-7-5-14-43(45)49)34-20-25-37(26-21-34)53(36-23-18-33(19-24-36)32-10-2-1-3-11-32)38-27-29-41-40-12-8-9-17-46(40)54-47(41)30-38/h1-30,49-50H. The van der Waals surface area contributed by atoms with E-state index in [9.17, 15) is 5.26 Å². The number of benzene rings is 8. The summed E-state index contributed by atoms with van der Waals surface area (Å²) >= 11 is 0. The van der Waals surface area contributed by atoms with Crippen molar-refractivity contribution in [2.45, 2.75) is 11.8 Å². The summed E-state index contributed by atoms with van der Waals surface area (Å²) in [6.07, 6.45) is 0. The molecule has 3 heteroatoms. The highest BCUT2D eigenvalue weighted by atomic mass is 16.3. The zero-order valence-corrected chi connectivity index (χ0v) is 29.3. The molecule has 0 radical (unpaired) electrons. The molecule has 0 N–H and O–H groups in total. The van der Waals surface area contributed by atoms with Crippen LogP contribution in [0.4, 0.5) is 17.1 Å². The highest BCUT2D eigenvalue weighted by molar-refractivity contribution is 6.06. The monoisotopic (exact) mass is 688 g/mol. The first-order chi connectivity index (χ1) is 26.7. The largest absolute Gasteiger partial charge is 0.456 e. The van der Waals surface area contributed by atoms with E-state index < -0.39 is 0 Å². The zero-order valence-electron chi connectivity index (χ0n) is 29.3. The van der Waals surface area contributed by atoms with Gasteiger partial charge in [-0.15, -0.1) is 0 Å². The maximum absolute atomic E-state index is 10.4. The fourth-order valence-corrected chi connectivity index (χ4v) is 9.16. The Labute approximate surface area is 313 Å². The van der Waals surface area contributed by atoms with Gasteiger partial charge in [0.1, 0.15) is 11.2 Å². The molecule has 0 amide bonds. The lowest BCUT2D eigenvalue weighted by Crippen LogP contribution is -2.29. The van der Waals surface area contributed by atoms with Gasteiger partial charge in [0.05, 0.1) is 11.6 Å². The predicted octanol–water partition coefficient (Wildman–Crippen LogP) is 13.2. The Morgan fingerprint density at radius 3 is 1.59 bits per heavy atom. The summed E-state index contributed by atoms with van der Waals surface area (Å²) in [6, 6.07) is 67.3. The van der Waals surface area contributed by atoms with Crippen LogP contribution in [0.3, 0.4) is 0 Å². The van der Waals surface area contributed by atoms with E-state index >= 15 is 0 Å². The van der Waals surface area contributed by atoms with Gasteiger partial charge in [0, 0.05) is 45.7 Å². The highest BCUT2D eigenvalue weighted by Crippen LogP contribution is 2.58. The molecule has 9 aromatic rings. The second-order valence-electron chi connectivity index (χ2n) is 14.3. The fourth-order valence-electron chi connectivity index (χ4n) is 9.16. The second kappa shape index (κ2) is 12.0. The van der Waals surface area contributed by atoms with Gasteiger partial charge in [0.15, 0.2) is 0 Å². The third kappa shape index (κ3) is 4.54. The van der Waals surface area contributed by atoms with Crippen LogP contribution in [0.15, 0.2) is 186 Å². The molecule has 54 heavy (non-hydrogen) atoms. The molecule has 0 spiro atoms. The van der Waals surface area contributed by atoms with Gasteiger partial charge in [-0.2, -0.15) is 5.26 Å². The van der Waals surface area contributed by atoms with Crippen molar-refractivity contribution in [1.82, 2.24) is 0 Å². The molecule has 2 bridgehead atoms. The molecule has 0 atom stereocenters. The minimum Gasteiger partial charge on any atom is -0.456 e. The molecule has 3 nitrogen and oxygen atoms in total. The van der Waals surface area contributed by atoms with Crippen LogP contribution in [0.2, 0.25) is 0 Å². The third-order valence-corrected chi connectivity index (χ3v) is 11.5. The van der Waals surface area contributed by atoms with Crippen LogP contribution in [-0.2, 0) is 0 Å². The molecule has 0 saturated carbocycles. The Hall–Kier alpha value is -7.15. The lowest BCUT2D eigenvalue weighted by atomic mass is 9.59. The first kappa shape index (κ1) is 30.5. The quantitative estimate of drug-likeness (QED) is 0.181. The van der Waals surface area contributed by atoms with Crippen LogP contribution in [0.5, 0.6) is 0 Å². The third-order valence-electron chi connectivity index (χ3n) is 11.5. The number of rotatable bonds is 5. The number of para-hydroxylation sites is 1. The van der Waals surface area contributed by atoms with Crippen LogP contribution >= 0.6 is 0 Å². The molecular weight excluding hydrogens is 657 g/mol. The molecular formula is C51H32N2O. The van der Waals surface area contributed by atoms with E-state index in [2.05, 4.69) is 169 Å². The van der Waals surface area contributed by atoms with Crippen molar-refractivity contribution in [2.24, 2.45) is 0 Å². The Morgan fingerprint density at radius 1 is 0.426 bits per heavy atom. The number of anilines is 3. The van der Waals surface area contributed by atoms with Crippen molar-refractivity contribution in [3.63, 3.8) is 0 Å². The van der Waals surface area contributed by atoms with Crippen LogP contribution in [-0.4, -0.2) is 0 Å². The minimum atomic E-state index is 0.0359. The fraction of sp³-hybridized carbons (Fsp3) is 0.0392. The van der Waals surface area contributed by atoms with Crippen LogP contribution < -0.4 is 4.90 Å². The minimum absolute atomic E-state index is 0.0359. The number of furan rings is 1. The van der Waals surface area contributed by atoms with Gasteiger partial charge < -0.3 is 9.32 Å². The van der Waals surface area contributed by atoms with E-state index in [-0.39, 0.29) is 11.8 Å². The van der Waals surface area contributed by atoms with Gasteiger partial charge >= 0.3 is 0 Å². The number of nitriles is 1. The molecule has 0 unspecified atom stereocenters. The summed E-state index contributed by atoms with van der Waals surface area (Å²) in [5.41, 5.74) is 18.0. The average Bonchev–Trinajstić information content (AvgIpc) is 3.62. The first-order valence-corrected chi connectivity index (χ1v) is 18.5. The lowest BCUT2D eigenvalue weighted by molar-refractivity contribution is 0.669. The van der Waals surface area contributed by atoms with Crippen molar-refractivity contribution < 1.29 is 4.42 Å². The van der Waals surface area contributed by atoms with Crippen molar-refractivity contribution in [1.29, 1.82) is 5.26 Å². The van der Waals surface area contributed by atoms with Crippen LogP contribution in [0.1, 0.15) is 50.8 Å². The second-order valence-corrected chi connectivity index (χ2v) is 14.3. The van der Waals surface area contributed by atoms with Gasteiger partial charge in [0.2, 0.25) is 0 Å². The van der Waals surface area contributed by atoms with E-state index in [4.69, 9.17) is 4.42 Å². The number of fused-ring (bicyclic) bond motifs is 3. The molecule has 0 aliphatic heterocycles. The lowest BCUT2D eigenvalue weighted by Gasteiger charge is -2.43. The van der Waals surface area contributed by atoms with Crippen LogP contribution in [0.25, 0.3) is 44.2 Å². The summed E-state index contributed by atoms with van der Waals surface area (Å²) in [5.74, 6) is 0.101. The van der Waals surface area contributed by atoms with E-state index in [0.29, 0.717) is 0 Å². The Morgan fingerprint density at radius 2 is 0.944 bits per heavy atom. The van der Waals surface area contributed by atoms with Gasteiger partial charge in [-0.05, 0) is 104 Å². The Bertz CT molecular complexity index is 2900. The topological polar surface area (TPSA) is 40.2 Å². The van der Waals surface area contributed by atoms with Crippen molar-refractivity contribution in [3.05, 3.63) is 221 Å². The van der Waals surface area contributed by atoms with Gasteiger partial charge in [0.25, 0.3) is 0 Å². The van der Waals surface area contributed by atoms with E-state index in [0.717, 1.165) is 55.7 Å². The maximum Gasteiger partial charge on any atom is 0.137 e. The summed E-state index contributed by atoms with van der Waals surface area (Å²) < 4.78 is 6.37. The zero-order chi connectivity index (χ0) is 35.8. The van der Waals surface area contributed by atoms with E-state index in [1.54, 1.807) is 0 Å². The summed E-state index contributed by atoms with van der Waals surface area (Å²) in [4.78, 5) is 2.30. The number of nitrogens with zero attached hydrogens (tertiary/aromatic N) is 2. The Balaban J connectivity index is 1.05. The normalized spacial score (nSPS) is 15.0. The Kier molecular flexibility index (Phi) is 6.74. The van der Waals surface area contributed by atoms with Gasteiger partial charge in [-0.1, -0.05) is 127 Å². The SMILES string of the molecule is N#Cc1ccc(-c2ccc(N(c3ccc(-c4ccccc4)cc3)c3ccc4c(c3)oc3ccccc34)cc2)c2c1C1c3ccccc3C2c2ccccc21. The van der Waals surface area contributed by atoms with Crippen molar-refractivity contribution in [3.8, 4) is 28.3 Å². The molecule has 1 aromatic heterocycles. The predicted molar refractivity (Wildman–Crippen MR) is 219 cm³/mol. The summed E-state index contributed by atoms with van der Waals surface area (Å²) in [7, 11) is 0. The molecule has 252 valence electrons. The molecule has 0 saturated heterocycles. The summed E-state index contributed by atoms with van der Waals surface area (Å²) in [5, 5.41) is 12.6. The average molecular weight is 689 g/mol. The maximum atomic E-state index is 10.4. The molecule has 1 heterocycles. The molecule has 12 rings (SSSR count). The molecule has 3 aliphatic carbocycles. The smallest absolute Gasteiger partial charge is 0.137 e. The molecule has 8 aromatic carbocycles. The highest BCUT2D eigenvalue weighted by Gasteiger charge is 2.43. The van der Waals surface area contributed by atoms with Crippen LogP contribution in [0, 0.1) is 11.3 Å². The van der Waals surface area contributed by atoms with Crippen molar-refractivity contribution in [2.75, 3.05) is 4.90 Å². The first-order valence-electron chi connectivity index (χ1n) is 18.5. The number of hydrogen-bond donors (Lipinski definition) is 0. The molecule has 3 aliphatic rings. The molecule has 0 fully saturated rings. The van der Waals surface area contributed by atoms with Gasteiger partial charge in [-0.3, -0.25) is 0 Å². The summed E-state index contributed by atoms with van der Waals surface area (Å²) in [6.45, 7) is 0. The number of hydrogen-bond acceptors (Lipinski definition) is 3.